The molecule has 2 aromatic rings. The molecule has 0 atom stereocenters. The molecule has 0 fully saturated rings. The monoisotopic (exact) mass is 174 g/mol. The third-order valence-corrected chi connectivity index (χ3v) is 2.00. The Morgan fingerprint density at radius 2 is 2.00 bits per heavy atom. The highest BCUT2D eigenvalue weighted by atomic mass is 19.1. The van der Waals surface area contributed by atoms with Crippen molar-refractivity contribution >= 4 is 17.1 Å². The standard InChI is InChI=1S/C11H7FO/c12-10-4-5-11-8(6-10)2-1-3-9(11)7-13/h1-7H. The summed E-state index contributed by atoms with van der Waals surface area (Å²) in [5.74, 6) is -0.282. The minimum atomic E-state index is -0.282. The molecule has 0 saturated heterocycles. The summed E-state index contributed by atoms with van der Waals surface area (Å²) in [6.07, 6.45) is 0.778. The first-order valence-corrected chi connectivity index (χ1v) is 3.95. The topological polar surface area (TPSA) is 17.1 Å². The molecule has 0 aliphatic heterocycles. The highest BCUT2D eigenvalue weighted by Gasteiger charge is 1.99. The number of carbonyl (C=O) groups excluding carboxylic acids is 1. The van der Waals surface area contributed by atoms with E-state index in [-0.39, 0.29) is 5.82 Å². The van der Waals surface area contributed by atoms with Crippen LogP contribution in [-0.4, -0.2) is 6.29 Å². The molecule has 64 valence electrons. The summed E-state index contributed by atoms with van der Waals surface area (Å²) in [7, 11) is 0. The molecule has 0 unspecified atom stereocenters. The zero-order chi connectivity index (χ0) is 9.26. The summed E-state index contributed by atoms with van der Waals surface area (Å²) in [6, 6.07) is 9.64. The molecule has 0 heterocycles. The fourth-order valence-electron chi connectivity index (χ4n) is 1.38. The lowest BCUT2D eigenvalue weighted by atomic mass is 10.1. The number of rotatable bonds is 1. The summed E-state index contributed by atoms with van der Waals surface area (Å²) in [6.45, 7) is 0. The third kappa shape index (κ3) is 1.31. The van der Waals surface area contributed by atoms with Crippen LogP contribution in [0.25, 0.3) is 10.8 Å². The van der Waals surface area contributed by atoms with Crippen LogP contribution in [0.1, 0.15) is 10.4 Å². The molecule has 0 amide bonds. The maximum atomic E-state index is 12.8. The molecule has 2 aromatic carbocycles. The number of aldehydes is 1. The van der Waals surface area contributed by atoms with Crippen molar-refractivity contribution in [2.75, 3.05) is 0 Å². The van der Waals surface area contributed by atoms with Crippen LogP contribution >= 0.6 is 0 Å². The Morgan fingerprint density at radius 1 is 1.15 bits per heavy atom. The van der Waals surface area contributed by atoms with Gasteiger partial charge in [0.05, 0.1) is 0 Å². The first kappa shape index (κ1) is 7.92. The normalized spacial score (nSPS) is 10.2. The third-order valence-electron chi connectivity index (χ3n) is 2.00. The zero-order valence-corrected chi connectivity index (χ0v) is 6.83. The number of benzene rings is 2. The van der Waals surface area contributed by atoms with E-state index in [2.05, 4.69) is 0 Å². The van der Waals surface area contributed by atoms with Crippen LogP contribution in [0.4, 0.5) is 4.39 Å². The van der Waals surface area contributed by atoms with Crippen LogP contribution < -0.4 is 0 Å². The maximum Gasteiger partial charge on any atom is 0.150 e. The predicted molar refractivity (Wildman–Crippen MR) is 49.3 cm³/mol. The van der Waals surface area contributed by atoms with Crippen molar-refractivity contribution in [1.82, 2.24) is 0 Å². The first-order chi connectivity index (χ1) is 6.31. The van der Waals surface area contributed by atoms with Crippen molar-refractivity contribution in [1.29, 1.82) is 0 Å². The molecule has 2 heteroatoms. The van der Waals surface area contributed by atoms with Gasteiger partial charge in [0.1, 0.15) is 5.82 Å². The van der Waals surface area contributed by atoms with Crippen LogP contribution in [-0.2, 0) is 0 Å². The average molecular weight is 174 g/mol. The van der Waals surface area contributed by atoms with E-state index in [9.17, 15) is 9.18 Å². The first-order valence-electron chi connectivity index (χ1n) is 3.95. The number of carbonyl (C=O) groups is 1. The molecule has 0 aromatic heterocycles. The van der Waals surface area contributed by atoms with Gasteiger partial charge in [0.25, 0.3) is 0 Å². The quantitative estimate of drug-likeness (QED) is 0.607. The van der Waals surface area contributed by atoms with E-state index in [1.54, 1.807) is 24.3 Å². The van der Waals surface area contributed by atoms with Gasteiger partial charge in [-0.3, -0.25) is 4.79 Å². The van der Waals surface area contributed by atoms with Crippen LogP contribution in [0.5, 0.6) is 0 Å². The summed E-state index contributed by atoms with van der Waals surface area (Å²) >= 11 is 0. The highest BCUT2D eigenvalue weighted by molar-refractivity contribution is 5.97. The summed E-state index contributed by atoms with van der Waals surface area (Å²) in [5, 5.41) is 1.54. The second-order valence-corrected chi connectivity index (χ2v) is 2.83. The SMILES string of the molecule is O=Cc1cccc2cc(F)ccc12. The van der Waals surface area contributed by atoms with Crippen LogP contribution in [0, 0.1) is 5.82 Å². The number of hydrogen-bond donors (Lipinski definition) is 0. The molecule has 0 N–H and O–H groups in total. The van der Waals surface area contributed by atoms with E-state index in [1.165, 1.54) is 12.1 Å². The molecule has 0 bridgehead atoms. The van der Waals surface area contributed by atoms with Gasteiger partial charge in [0.2, 0.25) is 0 Å². The van der Waals surface area contributed by atoms with Crippen molar-refractivity contribution in [3.8, 4) is 0 Å². The van der Waals surface area contributed by atoms with E-state index in [0.717, 1.165) is 17.1 Å². The molecule has 2 rings (SSSR count). The molecule has 0 saturated carbocycles. The van der Waals surface area contributed by atoms with Crippen molar-refractivity contribution < 1.29 is 9.18 Å². The number of hydrogen-bond acceptors (Lipinski definition) is 1. The molecule has 0 radical (unpaired) electrons. The second kappa shape index (κ2) is 2.98. The summed E-state index contributed by atoms with van der Waals surface area (Å²) in [5.41, 5.74) is 0.595. The Labute approximate surface area is 74.8 Å². The van der Waals surface area contributed by atoms with E-state index in [0.29, 0.717) is 5.56 Å². The molecule has 13 heavy (non-hydrogen) atoms. The predicted octanol–water partition coefficient (Wildman–Crippen LogP) is 2.79. The van der Waals surface area contributed by atoms with E-state index in [4.69, 9.17) is 0 Å². The van der Waals surface area contributed by atoms with Gasteiger partial charge in [-0.05, 0) is 22.9 Å². The van der Waals surface area contributed by atoms with Gasteiger partial charge in [0, 0.05) is 5.56 Å². The van der Waals surface area contributed by atoms with Crippen molar-refractivity contribution in [3.05, 3.63) is 47.8 Å². The smallest absolute Gasteiger partial charge is 0.150 e. The van der Waals surface area contributed by atoms with Crippen molar-refractivity contribution in [2.24, 2.45) is 0 Å². The summed E-state index contributed by atoms with van der Waals surface area (Å²) in [4.78, 5) is 10.6. The highest BCUT2D eigenvalue weighted by Crippen LogP contribution is 2.18. The van der Waals surface area contributed by atoms with Crippen molar-refractivity contribution in [3.63, 3.8) is 0 Å². The lowest BCUT2D eigenvalue weighted by Crippen LogP contribution is -1.83. The van der Waals surface area contributed by atoms with Gasteiger partial charge in [-0.1, -0.05) is 24.3 Å². The van der Waals surface area contributed by atoms with Crippen LogP contribution in [0.15, 0.2) is 36.4 Å². The minimum absolute atomic E-state index is 0.282. The second-order valence-electron chi connectivity index (χ2n) is 2.83. The Kier molecular flexibility index (Phi) is 1.81. The Hall–Kier alpha value is -1.70. The van der Waals surface area contributed by atoms with Gasteiger partial charge in [-0.25, -0.2) is 4.39 Å². The van der Waals surface area contributed by atoms with Gasteiger partial charge in [-0.2, -0.15) is 0 Å². The van der Waals surface area contributed by atoms with Gasteiger partial charge >= 0.3 is 0 Å². The average Bonchev–Trinajstić information content (AvgIpc) is 2.16. The van der Waals surface area contributed by atoms with E-state index < -0.39 is 0 Å². The van der Waals surface area contributed by atoms with Gasteiger partial charge in [0.15, 0.2) is 6.29 Å². The number of fused-ring (bicyclic) bond motifs is 1. The van der Waals surface area contributed by atoms with E-state index in [1.807, 2.05) is 0 Å². The fraction of sp³-hybridized carbons (Fsp3) is 0. The van der Waals surface area contributed by atoms with Gasteiger partial charge < -0.3 is 0 Å². The molecule has 0 aliphatic rings. The molecule has 0 aliphatic carbocycles. The lowest BCUT2D eigenvalue weighted by molar-refractivity contribution is 0.112. The van der Waals surface area contributed by atoms with Gasteiger partial charge in [-0.15, -0.1) is 0 Å². The summed E-state index contributed by atoms with van der Waals surface area (Å²) < 4.78 is 12.8. The number of halogens is 1. The molecule has 1 nitrogen and oxygen atoms in total. The molecule has 0 spiro atoms. The minimum Gasteiger partial charge on any atom is -0.298 e. The van der Waals surface area contributed by atoms with Crippen LogP contribution in [0.2, 0.25) is 0 Å². The molecular formula is C11H7FO. The van der Waals surface area contributed by atoms with Crippen LogP contribution in [0.3, 0.4) is 0 Å². The Bertz CT molecular complexity index is 463. The Balaban J connectivity index is 2.84. The lowest BCUT2D eigenvalue weighted by Gasteiger charge is -1.99. The molecular weight excluding hydrogens is 167 g/mol. The zero-order valence-electron chi connectivity index (χ0n) is 6.83. The Morgan fingerprint density at radius 3 is 2.77 bits per heavy atom. The fourth-order valence-corrected chi connectivity index (χ4v) is 1.38. The van der Waals surface area contributed by atoms with E-state index >= 15 is 0 Å². The van der Waals surface area contributed by atoms with Crippen molar-refractivity contribution in [2.45, 2.75) is 0 Å². The largest absolute Gasteiger partial charge is 0.298 e. The maximum absolute atomic E-state index is 12.8.